The summed E-state index contributed by atoms with van der Waals surface area (Å²) in [5, 5.41) is 12.3. The molecular formula is C15H20N4OS2. The molecule has 5 nitrogen and oxygen atoms in total. The van der Waals surface area contributed by atoms with Crippen molar-refractivity contribution in [3.63, 3.8) is 0 Å². The van der Waals surface area contributed by atoms with Gasteiger partial charge in [0.25, 0.3) is 0 Å². The number of H-pyrrole nitrogens is 1. The Balaban J connectivity index is 1.93. The zero-order valence-corrected chi connectivity index (χ0v) is 14.7. The van der Waals surface area contributed by atoms with Crippen LogP contribution in [0.2, 0.25) is 0 Å². The lowest BCUT2D eigenvalue weighted by molar-refractivity contribution is -0.121. The van der Waals surface area contributed by atoms with Crippen molar-refractivity contribution >= 4 is 41.2 Å². The molecule has 1 amide bonds. The zero-order valence-electron chi connectivity index (χ0n) is 13.1. The van der Waals surface area contributed by atoms with Crippen LogP contribution in [0.15, 0.2) is 22.7 Å². The third-order valence-corrected chi connectivity index (χ3v) is 4.38. The summed E-state index contributed by atoms with van der Waals surface area (Å²) in [6.07, 6.45) is 3.86. The fourth-order valence-electron chi connectivity index (χ4n) is 1.62. The lowest BCUT2D eigenvalue weighted by atomic mass is 10.1. The molecule has 2 N–H and O–H groups in total. The van der Waals surface area contributed by atoms with Gasteiger partial charge >= 0.3 is 0 Å². The zero-order chi connectivity index (χ0) is 16.2. The maximum atomic E-state index is 12.0. The molecule has 22 heavy (non-hydrogen) atoms. The van der Waals surface area contributed by atoms with Crippen molar-refractivity contribution in [2.45, 2.75) is 43.6 Å². The average Bonchev–Trinajstić information content (AvgIpc) is 3.05. The Morgan fingerprint density at radius 3 is 2.86 bits per heavy atom. The van der Waals surface area contributed by atoms with Gasteiger partial charge in [-0.05, 0) is 51.3 Å². The Kier molecular flexibility index (Phi) is 5.42. The van der Waals surface area contributed by atoms with E-state index in [1.54, 1.807) is 11.3 Å². The Morgan fingerprint density at radius 1 is 1.45 bits per heavy atom. The van der Waals surface area contributed by atoms with Crippen molar-refractivity contribution in [3.05, 3.63) is 28.2 Å². The van der Waals surface area contributed by atoms with Gasteiger partial charge in [-0.25, -0.2) is 4.98 Å². The monoisotopic (exact) mass is 336 g/mol. The summed E-state index contributed by atoms with van der Waals surface area (Å²) in [5.74, 6) is 0.664. The molecule has 1 unspecified atom stereocenters. The quantitative estimate of drug-likeness (QED) is 0.821. The van der Waals surface area contributed by atoms with E-state index in [9.17, 15) is 4.79 Å². The number of carbonyl (C=O) groups is 1. The first-order chi connectivity index (χ1) is 10.3. The minimum Gasteiger partial charge on any atom is -0.351 e. The summed E-state index contributed by atoms with van der Waals surface area (Å²) in [7, 11) is 0. The number of aromatic nitrogens is 3. The first-order valence-electron chi connectivity index (χ1n) is 6.96. The molecule has 0 bridgehead atoms. The van der Waals surface area contributed by atoms with E-state index in [0.717, 1.165) is 4.88 Å². The molecule has 2 rings (SSSR count). The fourth-order valence-corrected chi connectivity index (χ4v) is 2.97. The first-order valence-corrected chi connectivity index (χ1v) is 8.72. The van der Waals surface area contributed by atoms with Crippen LogP contribution in [0, 0.1) is 0 Å². The number of thioether (sulfide) groups is 1. The normalized spacial score (nSPS) is 13.5. The molecule has 0 fully saturated rings. The summed E-state index contributed by atoms with van der Waals surface area (Å²) in [6.45, 7) is 7.73. The Morgan fingerprint density at radius 2 is 2.23 bits per heavy atom. The molecule has 0 spiro atoms. The van der Waals surface area contributed by atoms with E-state index in [0.29, 0.717) is 11.0 Å². The van der Waals surface area contributed by atoms with Crippen LogP contribution in [-0.4, -0.2) is 31.9 Å². The molecule has 2 aromatic rings. The molecule has 0 aliphatic carbocycles. The standard InChI is InChI=1S/C15H20N4OS2/c1-10(13(20)17-15(2,3)4)22-14-16-12(18-19-14)8-7-11-6-5-9-21-11/h5-10H,1-4H3,(H,17,20)(H,16,18,19)/b8-7+. The van der Waals surface area contributed by atoms with Crippen LogP contribution in [0.4, 0.5) is 0 Å². The van der Waals surface area contributed by atoms with Crippen LogP contribution in [0.1, 0.15) is 38.4 Å². The van der Waals surface area contributed by atoms with Crippen molar-refractivity contribution in [1.82, 2.24) is 20.5 Å². The minimum atomic E-state index is -0.246. The second kappa shape index (κ2) is 7.11. The average molecular weight is 336 g/mol. The van der Waals surface area contributed by atoms with Crippen molar-refractivity contribution in [2.75, 3.05) is 0 Å². The summed E-state index contributed by atoms with van der Waals surface area (Å²) in [6, 6.07) is 4.04. The van der Waals surface area contributed by atoms with E-state index in [1.165, 1.54) is 11.8 Å². The van der Waals surface area contributed by atoms with E-state index >= 15 is 0 Å². The second-order valence-electron chi connectivity index (χ2n) is 5.85. The van der Waals surface area contributed by atoms with Crippen LogP contribution in [-0.2, 0) is 4.79 Å². The first kappa shape index (κ1) is 16.8. The van der Waals surface area contributed by atoms with Crippen LogP contribution in [0.5, 0.6) is 0 Å². The van der Waals surface area contributed by atoms with Gasteiger partial charge in [-0.3, -0.25) is 9.89 Å². The highest BCUT2D eigenvalue weighted by atomic mass is 32.2. The maximum absolute atomic E-state index is 12.0. The summed E-state index contributed by atoms with van der Waals surface area (Å²) < 4.78 is 0. The predicted molar refractivity (Wildman–Crippen MR) is 92.8 cm³/mol. The van der Waals surface area contributed by atoms with Crippen molar-refractivity contribution in [3.8, 4) is 0 Å². The molecule has 0 saturated heterocycles. The summed E-state index contributed by atoms with van der Waals surface area (Å²) >= 11 is 3.00. The Labute approximate surface area is 138 Å². The van der Waals surface area contributed by atoms with Gasteiger partial charge in [-0.15, -0.1) is 16.4 Å². The van der Waals surface area contributed by atoms with Crippen LogP contribution < -0.4 is 5.32 Å². The lowest BCUT2D eigenvalue weighted by Gasteiger charge is -2.22. The van der Waals surface area contributed by atoms with Gasteiger partial charge in [0.1, 0.15) is 5.82 Å². The van der Waals surface area contributed by atoms with Gasteiger partial charge in [-0.1, -0.05) is 17.8 Å². The van der Waals surface area contributed by atoms with E-state index in [4.69, 9.17) is 0 Å². The van der Waals surface area contributed by atoms with Gasteiger partial charge in [-0.2, -0.15) is 0 Å². The fraction of sp³-hybridized carbons (Fsp3) is 0.400. The lowest BCUT2D eigenvalue weighted by Crippen LogP contribution is -2.44. The number of carbonyl (C=O) groups excluding carboxylic acids is 1. The molecule has 7 heteroatoms. The number of nitrogens with zero attached hydrogens (tertiary/aromatic N) is 2. The van der Waals surface area contributed by atoms with Crippen LogP contribution in [0.25, 0.3) is 12.2 Å². The van der Waals surface area contributed by atoms with Gasteiger partial charge in [0, 0.05) is 10.4 Å². The molecule has 0 aromatic carbocycles. The molecule has 2 heterocycles. The largest absolute Gasteiger partial charge is 0.351 e. The highest BCUT2D eigenvalue weighted by Crippen LogP contribution is 2.20. The van der Waals surface area contributed by atoms with E-state index in [1.807, 2.05) is 57.4 Å². The van der Waals surface area contributed by atoms with Crippen LogP contribution in [0.3, 0.4) is 0 Å². The second-order valence-corrected chi connectivity index (χ2v) is 8.14. The number of aromatic amines is 1. The topological polar surface area (TPSA) is 70.7 Å². The molecule has 118 valence electrons. The number of nitrogens with one attached hydrogen (secondary N) is 2. The molecule has 0 radical (unpaired) electrons. The summed E-state index contributed by atoms with van der Waals surface area (Å²) in [4.78, 5) is 17.6. The number of thiophene rings is 1. The summed E-state index contributed by atoms with van der Waals surface area (Å²) in [5.41, 5.74) is -0.237. The van der Waals surface area contributed by atoms with Crippen molar-refractivity contribution in [1.29, 1.82) is 0 Å². The molecule has 2 aromatic heterocycles. The maximum Gasteiger partial charge on any atom is 0.233 e. The van der Waals surface area contributed by atoms with Gasteiger partial charge < -0.3 is 5.32 Å². The predicted octanol–water partition coefficient (Wildman–Crippen LogP) is 3.43. The van der Waals surface area contributed by atoms with Gasteiger partial charge in [0.05, 0.1) is 5.25 Å². The van der Waals surface area contributed by atoms with Gasteiger partial charge in [0.15, 0.2) is 0 Å². The van der Waals surface area contributed by atoms with E-state index in [2.05, 4.69) is 20.5 Å². The molecule has 0 aliphatic heterocycles. The number of hydrogen-bond acceptors (Lipinski definition) is 5. The minimum absolute atomic E-state index is 0.0158. The molecule has 0 saturated carbocycles. The SMILES string of the molecule is CC(Sc1n[nH]c(/C=C/c2cccs2)n1)C(=O)NC(C)(C)C. The molecule has 1 atom stereocenters. The Bertz CT molecular complexity index is 641. The number of amides is 1. The number of rotatable bonds is 5. The van der Waals surface area contributed by atoms with E-state index < -0.39 is 0 Å². The highest BCUT2D eigenvalue weighted by molar-refractivity contribution is 8.00. The molecule has 0 aliphatic rings. The van der Waals surface area contributed by atoms with E-state index in [-0.39, 0.29) is 16.7 Å². The molecular weight excluding hydrogens is 316 g/mol. The smallest absolute Gasteiger partial charge is 0.233 e. The third-order valence-electron chi connectivity index (χ3n) is 2.58. The van der Waals surface area contributed by atoms with Crippen LogP contribution >= 0.6 is 23.1 Å². The highest BCUT2D eigenvalue weighted by Gasteiger charge is 2.21. The van der Waals surface area contributed by atoms with Crippen molar-refractivity contribution in [2.24, 2.45) is 0 Å². The van der Waals surface area contributed by atoms with Crippen molar-refractivity contribution < 1.29 is 4.79 Å². The third kappa shape index (κ3) is 5.31. The van der Waals surface area contributed by atoms with Gasteiger partial charge in [0.2, 0.25) is 11.1 Å². The Hall–Kier alpha value is -1.60. The number of hydrogen-bond donors (Lipinski definition) is 2.